The summed E-state index contributed by atoms with van der Waals surface area (Å²) in [7, 11) is -1.89. The van der Waals surface area contributed by atoms with E-state index in [4.69, 9.17) is 4.74 Å². The summed E-state index contributed by atoms with van der Waals surface area (Å²) in [4.78, 5) is 12.6. The van der Waals surface area contributed by atoms with Crippen LogP contribution in [0.2, 0.25) is 0 Å². The third-order valence-corrected chi connectivity index (χ3v) is 6.53. The summed E-state index contributed by atoms with van der Waals surface area (Å²) in [6.45, 7) is 1.12. The number of methoxy groups -OCH3 is 1. The standard InChI is InChI=1S/C21H23NO4S/c1-26-19-7-5-6-17(16-19)8-13-21(23)18-9-11-20(12-10-18)27(24,25)22-14-3-2-4-15-22/h5-13,16H,2-4,14-15H2,1H3. The van der Waals surface area contributed by atoms with Crippen LogP contribution in [0.15, 0.2) is 59.5 Å². The highest BCUT2D eigenvalue weighted by Crippen LogP contribution is 2.21. The SMILES string of the molecule is COc1cccc(C=CC(=O)c2ccc(S(=O)(=O)N3CCCCC3)cc2)c1. The Bertz CT molecular complexity index is 927. The third-order valence-electron chi connectivity index (χ3n) is 4.61. The van der Waals surface area contributed by atoms with Crippen LogP contribution in [0.1, 0.15) is 35.2 Å². The highest BCUT2D eigenvalue weighted by molar-refractivity contribution is 7.89. The second-order valence-electron chi connectivity index (χ2n) is 6.46. The Hall–Kier alpha value is -2.44. The first kappa shape index (κ1) is 19.3. The number of benzene rings is 2. The van der Waals surface area contributed by atoms with E-state index in [0.29, 0.717) is 18.7 Å². The van der Waals surface area contributed by atoms with E-state index < -0.39 is 10.0 Å². The minimum absolute atomic E-state index is 0.181. The molecule has 0 N–H and O–H groups in total. The maximum Gasteiger partial charge on any atom is 0.243 e. The van der Waals surface area contributed by atoms with Crippen LogP contribution in [0.5, 0.6) is 5.75 Å². The van der Waals surface area contributed by atoms with Crippen LogP contribution in [0.3, 0.4) is 0 Å². The molecule has 1 heterocycles. The number of allylic oxidation sites excluding steroid dienone is 1. The molecule has 0 radical (unpaired) electrons. The van der Waals surface area contributed by atoms with Crippen LogP contribution >= 0.6 is 0 Å². The van der Waals surface area contributed by atoms with Gasteiger partial charge in [-0.05, 0) is 60.9 Å². The van der Waals surface area contributed by atoms with Crippen molar-refractivity contribution in [2.75, 3.05) is 20.2 Å². The number of piperidine rings is 1. The largest absolute Gasteiger partial charge is 0.497 e. The van der Waals surface area contributed by atoms with Gasteiger partial charge in [0.25, 0.3) is 0 Å². The number of nitrogens with zero attached hydrogens (tertiary/aromatic N) is 1. The summed E-state index contributed by atoms with van der Waals surface area (Å²) in [5, 5.41) is 0. The first-order valence-electron chi connectivity index (χ1n) is 8.97. The average Bonchev–Trinajstić information content (AvgIpc) is 2.73. The lowest BCUT2D eigenvalue weighted by Crippen LogP contribution is -2.35. The molecule has 1 fully saturated rings. The minimum atomic E-state index is -3.48. The van der Waals surface area contributed by atoms with Gasteiger partial charge in [-0.1, -0.05) is 24.6 Å². The summed E-state index contributed by atoms with van der Waals surface area (Å²) in [6.07, 6.45) is 6.04. The summed E-state index contributed by atoms with van der Waals surface area (Å²) in [6, 6.07) is 13.5. The van der Waals surface area contributed by atoms with Crippen LogP contribution in [0, 0.1) is 0 Å². The predicted octanol–water partition coefficient (Wildman–Crippen LogP) is 3.77. The Morgan fingerprint density at radius 3 is 2.41 bits per heavy atom. The molecular formula is C21H23NO4S. The number of sulfonamides is 1. The Morgan fingerprint density at radius 1 is 1.04 bits per heavy atom. The Morgan fingerprint density at radius 2 is 1.74 bits per heavy atom. The highest BCUT2D eigenvalue weighted by Gasteiger charge is 2.25. The summed E-state index contributed by atoms with van der Waals surface area (Å²) < 4.78 is 32.0. The lowest BCUT2D eigenvalue weighted by molar-refractivity contribution is 0.104. The highest BCUT2D eigenvalue weighted by atomic mass is 32.2. The van der Waals surface area contributed by atoms with Crippen molar-refractivity contribution >= 4 is 21.9 Å². The zero-order valence-corrected chi connectivity index (χ0v) is 16.1. The monoisotopic (exact) mass is 385 g/mol. The van der Waals surface area contributed by atoms with E-state index in [2.05, 4.69) is 0 Å². The minimum Gasteiger partial charge on any atom is -0.497 e. The molecule has 0 spiro atoms. The number of rotatable bonds is 6. The van der Waals surface area contributed by atoms with Crippen LogP contribution in [-0.2, 0) is 10.0 Å². The molecule has 2 aromatic rings. The molecule has 6 heteroatoms. The molecule has 0 atom stereocenters. The van der Waals surface area contributed by atoms with Gasteiger partial charge in [0.15, 0.2) is 5.78 Å². The fourth-order valence-electron chi connectivity index (χ4n) is 3.06. The Labute approximate surface area is 160 Å². The first-order valence-corrected chi connectivity index (χ1v) is 10.4. The van der Waals surface area contributed by atoms with E-state index in [1.54, 1.807) is 25.3 Å². The molecule has 142 valence electrons. The van der Waals surface area contributed by atoms with Crippen LogP contribution in [0.25, 0.3) is 6.08 Å². The molecule has 0 saturated carbocycles. The lowest BCUT2D eigenvalue weighted by Gasteiger charge is -2.25. The van der Waals surface area contributed by atoms with E-state index in [1.165, 1.54) is 22.5 Å². The first-order chi connectivity index (χ1) is 13.0. The molecule has 2 aromatic carbocycles. The van der Waals surface area contributed by atoms with Gasteiger partial charge in [-0.3, -0.25) is 4.79 Å². The van der Waals surface area contributed by atoms with Crippen molar-refractivity contribution in [1.82, 2.24) is 4.31 Å². The fraction of sp³-hybridized carbons (Fsp3) is 0.286. The van der Waals surface area contributed by atoms with Crippen LogP contribution < -0.4 is 4.74 Å². The molecule has 1 aliphatic heterocycles. The smallest absolute Gasteiger partial charge is 0.243 e. The van der Waals surface area contributed by atoms with Crippen LogP contribution in [0.4, 0.5) is 0 Å². The Kier molecular flexibility index (Phi) is 6.08. The van der Waals surface area contributed by atoms with Gasteiger partial charge in [0.2, 0.25) is 10.0 Å². The van der Waals surface area contributed by atoms with Crippen molar-refractivity contribution in [2.24, 2.45) is 0 Å². The quantitative estimate of drug-likeness (QED) is 0.561. The van der Waals surface area contributed by atoms with Gasteiger partial charge in [-0.15, -0.1) is 0 Å². The van der Waals surface area contributed by atoms with Gasteiger partial charge in [0.05, 0.1) is 12.0 Å². The average molecular weight is 385 g/mol. The molecule has 5 nitrogen and oxygen atoms in total. The van der Waals surface area contributed by atoms with E-state index in [9.17, 15) is 13.2 Å². The molecule has 0 bridgehead atoms. The number of ketones is 1. The molecule has 3 rings (SSSR count). The van der Waals surface area contributed by atoms with E-state index in [-0.39, 0.29) is 10.7 Å². The summed E-state index contributed by atoms with van der Waals surface area (Å²) in [5.41, 5.74) is 1.30. The maximum atomic E-state index is 12.7. The second-order valence-corrected chi connectivity index (χ2v) is 8.40. The molecule has 0 aromatic heterocycles. The number of carbonyl (C=O) groups is 1. The van der Waals surface area contributed by atoms with Crippen molar-refractivity contribution in [3.8, 4) is 5.75 Å². The van der Waals surface area contributed by atoms with Gasteiger partial charge in [0, 0.05) is 18.7 Å². The third kappa shape index (κ3) is 4.64. The van der Waals surface area contributed by atoms with E-state index >= 15 is 0 Å². The number of carbonyl (C=O) groups excluding carboxylic acids is 1. The maximum absolute atomic E-state index is 12.7. The molecule has 1 saturated heterocycles. The summed E-state index contributed by atoms with van der Waals surface area (Å²) >= 11 is 0. The zero-order chi connectivity index (χ0) is 19.3. The second kappa shape index (κ2) is 8.50. The van der Waals surface area contributed by atoms with Crippen LogP contribution in [-0.4, -0.2) is 38.7 Å². The fourth-order valence-corrected chi connectivity index (χ4v) is 4.58. The molecule has 27 heavy (non-hydrogen) atoms. The lowest BCUT2D eigenvalue weighted by atomic mass is 10.1. The molecule has 0 amide bonds. The van der Waals surface area contributed by atoms with Crippen molar-refractivity contribution in [1.29, 1.82) is 0 Å². The van der Waals surface area contributed by atoms with Gasteiger partial charge in [-0.25, -0.2) is 8.42 Å². The van der Waals surface area contributed by atoms with Crippen molar-refractivity contribution < 1.29 is 17.9 Å². The topological polar surface area (TPSA) is 63.7 Å². The number of hydrogen-bond donors (Lipinski definition) is 0. The van der Waals surface area contributed by atoms with Crippen molar-refractivity contribution in [2.45, 2.75) is 24.2 Å². The van der Waals surface area contributed by atoms with Gasteiger partial charge < -0.3 is 4.74 Å². The van der Waals surface area contributed by atoms with Gasteiger partial charge >= 0.3 is 0 Å². The van der Waals surface area contributed by atoms with Gasteiger partial charge in [0.1, 0.15) is 5.75 Å². The van der Waals surface area contributed by atoms with Crippen molar-refractivity contribution in [3.63, 3.8) is 0 Å². The molecule has 0 unspecified atom stereocenters. The Balaban J connectivity index is 1.72. The number of ether oxygens (including phenoxy) is 1. The molecule has 1 aliphatic rings. The number of hydrogen-bond acceptors (Lipinski definition) is 4. The normalized spacial score (nSPS) is 15.7. The molecule has 0 aliphatic carbocycles. The zero-order valence-electron chi connectivity index (χ0n) is 15.3. The van der Waals surface area contributed by atoms with Crippen molar-refractivity contribution in [3.05, 3.63) is 65.7 Å². The summed E-state index contributed by atoms with van der Waals surface area (Å²) in [5.74, 6) is 0.539. The van der Waals surface area contributed by atoms with E-state index in [1.807, 2.05) is 24.3 Å². The van der Waals surface area contributed by atoms with Gasteiger partial charge in [-0.2, -0.15) is 4.31 Å². The molecular weight excluding hydrogens is 362 g/mol. The van der Waals surface area contributed by atoms with E-state index in [0.717, 1.165) is 30.6 Å². The predicted molar refractivity (Wildman–Crippen MR) is 105 cm³/mol.